The summed E-state index contributed by atoms with van der Waals surface area (Å²) in [5.41, 5.74) is 0. The van der Waals surface area contributed by atoms with E-state index in [-0.39, 0.29) is 0 Å². The molecule has 0 aromatic carbocycles. The van der Waals surface area contributed by atoms with E-state index in [1.54, 1.807) is 38.5 Å². The van der Waals surface area contributed by atoms with E-state index < -0.39 is 0 Å². The summed E-state index contributed by atoms with van der Waals surface area (Å²) in [4.78, 5) is 0. The molecule has 0 aliphatic heterocycles. The lowest BCUT2D eigenvalue weighted by molar-refractivity contribution is 0.121. The molecule has 1 unspecified atom stereocenters. The summed E-state index contributed by atoms with van der Waals surface area (Å²) >= 11 is 0. The molecule has 0 aromatic rings. The first-order chi connectivity index (χ1) is 10.2. The quantitative estimate of drug-likeness (QED) is 0.464. The van der Waals surface area contributed by atoms with E-state index in [9.17, 15) is 0 Å². The Morgan fingerprint density at radius 2 is 1.29 bits per heavy atom. The number of hydrogen-bond donors (Lipinski definition) is 0. The van der Waals surface area contributed by atoms with Crippen molar-refractivity contribution < 1.29 is 0 Å². The zero-order valence-electron chi connectivity index (χ0n) is 15.1. The molecule has 2 aliphatic rings. The van der Waals surface area contributed by atoms with Crippen molar-refractivity contribution in [2.24, 2.45) is 29.6 Å². The Morgan fingerprint density at radius 3 is 1.81 bits per heavy atom. The van der Waals surface area contributed by atoms with E-state index in [1.165, 1.54) is 44.9 Å². The van der Waals surface area contributed by atoms with Crippen LogP contribution in [0.2, 0.25) is 0 Å². The van der Waals surface area contributed by atoms with Crippen LogP contribution < -0.4 is 0 Å². The van der Waals surface area contributed by atoms with Gasteiger partial charge in [-0.3, -0.25) is 0 Å². The highest BCUT2D eigenvalue weighted by molar-refractivity contribution is 4.83. The van der Waals surface area contributed by atoms with Crippen LogP contribution in [0.25, 0.3) is 0 Å². The van der Waals surface area contributed by atoms with Gasteiger partial charge < -0.3 is 0 Å². The molecule has 0 heterocycles. The average molecular weight is 293 g/mol. The van der Waals surface area contributed by atoms with Crippen molar-refractivity contribution in [1.29, 1.82) is 0 Å². The minimum Gasteiger partial charge on any atom is -0.0654 e. The second-order valence-corrected chi connectivity index (χ2v) is 8.39. The van der Waals surface area contributed by atoms with Crippen LogP contribution in [0.1, 0.15) is 104 Å². The Hall–Kier alpha value is 0. The lowest BCUT2D eigenvalue weighted by Gasteiger charge is -2.39. The number of unbranched alkanes of at least 4 members (excludes halogenated alkanes) is 1. The van der Waals surface area contributed by atoms with E-state index in [2.05, 4.69) is 20.8 Å². The maximum Gasteiger partial charge on any atom is -0.0386 e. The fourth-order valence-corrected chi connectivity index (χ4v) is 5.30. The normalized spacial score (nSPS) is 35.6. The molecule has 0 amide bonds. The topological polar surface area (TPSA) is 0 Å². The van der Waals surface area contributed by atoms with Crippen LogP contribution in [-0.4, -0.2) is 0 Å². The van der Waals surface area contributed by atoms with Crippen molar-refractivity contribution in [2.75, 3.05) is 0 Å². The maximum atomic E-state index is 2.45. The first kappa shape index (κ1) is 17.4. The van der Waals surface area contributed by atoms with Crippen LogP contribution in [-0.2, 0) is 0 Å². The molecule has 2 rings (SSSR count). The Bertz CT molecular complexity index is 253. The van der Waals surface area contributed by atoms with Gasteiger partial charge in [-0.1, -0.05) is 65.7 Å². The summed E-state index contributed by atoms with van der Waals surface area (Å²) in [5.74, 6) is 5.35. The van der Waals surface area contributed by atoms with Gasteiger partial charge in [0, 0.05) is 0 Å². The molecule has 2 fully saturated rings. The summed E-state index contributed by atoms with van der Waals surface area (Å²) in [5, 5.41) is 0. The van der Waals surface area contributed by atoms with Crippen molar-refractivity contribution in [3.8, 4) is 0 Å². The van der Waals surface area contributed by atoms with Gasteiger partial charge in [0.25, 0.3) is 0 Å². The highest BCUT2D eigenvalue weighted by Crippen LogP contribution is 2.44. The van der Waals surface area contributed by atoms with Gasteiger partial charge in [-0.15, -0.1) is 0 Å². The Morgan fingerprint density at radius 1 is 0.714 bits per heavy atom. The van der Waals surface area contributed by atoms with Crippen LogP contribution in [0, 0.1) is 29.6 Å². The largest absolute Gasteiger partial charge is 0.0654 e. The zero-order valence-corrected chi connectivity index (χ0v) is 15.1. The van der Waals surface area contributed by atoms with Crippen LogP contribution in [0.5, 0.6) is 0 Å². The third-order valence-corrected chi connectivity index (χ3v) is 6.80. The summed E-state index contributed by atoms with van der Waals surface area (Å²) in [6, 6.07) is 0. The van der Waals surface area contributed by atoms with E-state index in [4.69, 9.17) is 0 Å². The van der Waals surface area contributed by atoms with Gasteiger partial charge >= 0.3 is 0 Å². The van der Waals surface area contributed by atoms with Crippen molar-refractivity contribution >= 4 is 0 Å². The highest BCUT2D eigenvalue weighted by Gasteiger charge is 2.32. The molecular weight excluding hydrogens is 252 g/mol. The first-order valence-electron chi connectivity index (χ1n) is 10.2. The summed E-state index contributed by atoms with van der Waals surface area (Å²) in [7, 11) is 0. The monoisotopic (exact) mass is 292 g/mol. The molecule has 124 valence electrons. The molecule has 0 spiro atoms. The van der Waals surface area contributed by atoms with Crippen LogP contribution in [0.15, 0.2) is 0 Å². The van der Waals surface area contributed by atoms with E-state index >= 15 is 0 Å². The van der Waals surface area contributed by atoms with Crippen LogP contribution >= 0.6 is 0 Å². The molecule has 21 heavy (non-hydrogen) atoms. The predicted molar refractivity (Wildman–Crippen MR) is 94.5 cm³/mol. The smallest absolute Gasteiger partial charge is 0.0386 e. The third kappa shape index (κ3) is 5.29. The molecule has 0 bridgehead atoms. The van der Waals surface area contributed by atoms with Crippen LogP contribution in [0.4, 0.5) is 0 Å². The van der Waals surface area contributed by atoms with E-state index in [0.717, 1.165) is 29.6 Å². The Labute approximate surface area is 134 Å². The average Bonchev–Trinajstić information content (AvgIpc) is 2.52. The maximum absolute atomic E-state index is 2.45. The summed E-state index contributed by atoms with van der Waals surface area (Å²) in [6.45, 7) is 7.19. The molecule has 0 saturated heterocycles. The third-order valence-electron chi connectivity index (χ3n) is 6.80. The standard InChI is InChI=1S/C21H40/c1-4-6-8-18(7-5-2)20-13-15-21(16-14-20)19-11-9-17(3)10-12-19/h17-21H,4-16H2,1-3H3. The SMILES string of the molecule is CCCCC(CCC)C1CCC(C2CCC(C)CC2)CC1. The van der Waals surface area contributed by atoms with Gasteiger partial charge in [0.15, 0.2) is 0 Å². The van der Waals surface area contributed by atoms with Gasteiger partial charge in [0.05, 0.1) is 0 Å². The zero-order chi connectivity index (χ0) is 15.1. The second-order valence-electron chi connectivity index (χ2n) is 8.39. The van der Waals surface area contributed by atoms with Gasteiger partial charge in [0.1, 0.15) is 0 Å². The molecule has 0 radical (unpaired) electrons. The predicted octanol–water partition coefficient (Wildman–Crippen LogP) is 7.23. The van der Waals surface area contributed by atoms with E-state index in [0.29, 0.717) is 0 Å². The number of hydrogen-bond acceptors (Lipinski definition) is 0. The molecule has 0 heteroatoms. The minimum absolute atomic E-state index is 1.01. The Balaban J connectivity index is 1.75. The number of rotatable bonds is 7. The first-order valence-corrected chi connectivity index (χ1v) is 10.2. The lowest BCUT2D eigenvalue weighted by Crippen LogP contribution is -2.28. The summed E-state index contributed by atoms with van der Waals surface area (Å²) in [6.07, 6.45) is 19.6. The highest BCUT2D eigenvalue weighted by atomic mass is 14.4. The van der Waals surface area contributed by atoms with Crippen molar-refractivity contribution in [3.05, 3.63) is 0 Å². The summed E-state index contributed by atoms with van der Waals surface area (Å²) < 4.78 is 0. The fraction of sp³-hybridized carbons (Fsp3) is 1.00. The van der Waals surface area contributed by atoms with Crippen molar-refractivity contribution in [2.45, 2.75) is 104 Å². The Kier molecular flexibility index (Phi) is 7.61. The molecule has 0 nitrogen and oxygen atoms in total. The molecule has 1 atom stereocenters. The molecular formula is C21H40. The van der Waals surface area contributed by atoms with Gasteiger partial charge in [0.2, 0.25) is 0 Å². The minimum atomic E-state index is 1.01. The lowest BCUT2D eigenvalue weighted by atomic mass is 9.66. The fourth-order valence-electron chi connectivity index (χ4n) is 5.30. The van der Waals surface area contributed by atoms with Gasteiger partial charge in [-0.2, -0.15) is 0 Å². The van der Waals surface area contributed by atoms with Gasteiger partial charge in [-0.25, -0.2) is 0 Å². The molecule has 0 N–H and O–H groups in total. The molecule has 2 aliphatic carbocycles. The second kappa shape index (κ2) is 9.21. The molecule has 0 aromatic heterocycles. The van der Waals surface area contributed by atoms with Crippen molar-refractivity contribution in [1.82, 2.24) is 0 Å². The van der Waals surface area contributed by atoms with Crippen LogP contribution in [0.3, 0.4) is 0 Å². The van der Waals surface area contributed by atoms with Gasteiger partial charge in [-0.05, 0) is 68.1 Å². The van der Waals surface area contributed by atoms with E-state index in [1.807, 2.05) is 0 Å². The van der Waals surface area contributed by atoms with Crippen molar-refractivity contribution in [3.63, 3.8) is 0 Å². The molecule has 2 saturated carbocycles.